The Morgan fingerprint density at radius 2 is 1.90 bits per heavy atom. The molecule has 3 rings (SSSR count). The Morgan fingerprint density at radius 3 is 2.50 bits per heavy atom. The number of benzene rings is 1. The maximum Gasteiger partial charge on any atom is 0.263 e. The van der Waals surface area contributed by atoms with Crippen molar-refractivity contribution in [1.82, 2.24) is 10.2 Å². The van der Waals surface area contributed by atoms with Crippen LogP contribution in [0.15, 0.2) is 18.2 Å². The molecule has 1 aliphatic carbocycles. The van der Waals surface area contributed by atoms with Crippen molar-refractivity contribution in [2.45, 2.75) is 24.9 Å². The van der Waals surface area contributed by atoms with E-state index in [1.54, 1.807) is 19.2 Å². The van der Waals surface area contributed by atoms with E-state index in [2.05, 4.69) is 15.5 Å². The number of hydrogen-bond acceptors (Lipinski definition) is 8. The van der Waals surface area contributed by atoms with Crippen LogP contribution in [0.25, 0.3) is 0 Å². The van der Waals surface area contributed by atoms with Crippen molar-refractivity contribution in [1.29, 1.82) is 0 Å². The molecule has 0 unspecified atom stereocenters. The van der Waals surface area contributed by atoms with E-state index >= 15 is 0 Å². The average Bonchev–Trinajstić information content (AvgIpc) is 3.19. The van der Waals surface area contributed by atoms with Gasteiger partial charge in [-0.15, -0.1) is 0 Å². The molecule has 30 heavy (non-hydrogen) atoms. The topological polar surface area (TPSA) is 132 Å². The van der Waals surface area contributed by atoms with E-state index < -0.39 is 5.91 Å². The number of rotatable bonds is 9. The number of nitrogens with zero attached hydrogens (tertiary/aromatic N) is 1. The molecule has 0 bridgehead atoms. The first kappa shape index (κ1) is 23.2. The van der Waals surface area contributed by atoms with Gasteiger partial charge in [-0.2, -0.15) is 5.10 Å². The quantitative estimate of drug-likeness (QED) is 0.522. The lowest BCUT2D eigenvalue weighted by Crippen LogP contribution is -2.28. The molecular formula is C20H27N3O7. The Labute approximate surface area is 174 Å². The summed E-state index contributed by atoms with van der Waals surface area (Å²) in [4.78, 5) is 23.6. The van der Waals surface area contributed by atoms with Gasteiger partial charge in [-0.1, -0.05) is 0 Å². The zero-order valence-corrected chi connectivity index (χ0v) is 17.4. The number of amides is 1. The lowest BCUT2D eigenvalue weighted by Gasteiger charge is -2.33. The van der Waals surface area contributed by atoms with Gasteiger partial charge < -0.3 is 29.4 Å². The number of hydrogen-bond donors (Lipinski definition) is 3. The van der Waals surface area contributed by atoms with Crippen molar-refractivity contribution >= 4 is 18.0 Å². The highest BCUT2D eigenvalue weighted by atomic mass is 16.5. The third kappa shape index (κ3) is 5.49. The molecule has 1 heterocycles. The minimum atomic E-state index is -0.403. The Hall–Kier alpha value is -3.11. The summed E-state index contributed by atoms with van der Waals surface area (Å²) >= 11 is 0. The summed E-state index contributed by atoms with van der Waals surface area (Å²) in [6.45, 7) is -0.297. The van der Waals surface area contributed by atoms with Crippen LogP contribution >= 0.6 is 0 Å². The molecule has 0 atom stereocenters. The molecule has 1 aliphatic rings. The first-order valence-corrected chi connectivity index (χ1v) is 9.24. The van der Waals surface area contributed by atoms with Crippen LogP contribution in [-0.4, -0.2) is 68.6 Å². The SMILES string of the molecule is CO.COc1cc(OC)c(C=O)c(OCC(=O)Nc2cc(C3CC(OC)C3)[nH]n2)c1. The van der Waals surface area contributed by atoms with Gasteiger partial charge in [0, 0.05) is 44.0 Å². The summed E-state index contributed by atoms with van der Waals surface area (Å²) in [5, 5.41) is 16.7. The number of carbonyl (C=O) groups excluding carboxylic acids is 2. The van der Waals surface area contributed by atoms with Crippen molar-refractivity contribution in [2.24, 2.45) is 0 Å². The second-order valence-electron chi connectivity index (χ2n) is 6.43. The van der Waals surface area contributed by atoms with Crippen LogP contribution < -0.4 is 19.5 Å². The normalized spacial score (nSPS) is 17.1. The third-order valence-corrected chi connectivity index (χ3v) is 4.74. The van der Waals surface area contributed by atoms with Crippen LogP contribution in [-0.2, 0) is 9.53 Å². The second-order valence-corrected chi connectivity index (χ2v) is 6.43. The maximum atomic E-state index is 12.2. The number of ether oxygens (including phenoxy) is 4. The number of anilines is 1. The van der Waals surface area contributed by atoms with Crippen LogP contribution in [0, 0.1) is 0 Å². The molecule has 1 saturated carbocycles. The van der Waals surface area contributed by atoms with Crippen molar-refractivity contribution in [3.8, 4) is 17.2 Å². The van der Waals surface area contributed by atoms with Crippen molar-refractivity contribution in [3.63, 3.8) is 0 Å². The molecule has 10 nitrogen and oxygen atoms in total. The Kier molecular flexibility index (Phi) is 8.63. The lowest BCUT2D eigenvalue weighted by atomic mass is 9.80. The molecule has 164 valence electrons. The molecule has 10 heteroatoms. The van der Waals surface area contributed by atoms with Gasteiger partial charge in [-0.3, -0.25) is 14.7 Å². The monoisotopic (exact) mass is 421 g/mol. The summed E-state index contributed by atoms with van der Waals surface area (Å²) in [5.74, 6) is 1.33. The zero-order chi connectivity index (χ0) is 22.1. The van der Waals surface area contributed by atoms with E-state index in [9.17, 15) is 9.59 Å². The lowest BCUT2D eigenvalue weighted by molar-refractivity contribution is -0.118. The highest BCUT2D eigenvalue weighted by Gasteiger charge is 2.31. The smallest absolute Gasteiger partial charge is 0.263 e. The first-order chi connectivity index (χ1) is 14.6. The van der Waals surface area contributed by atoms with E-state index in [4.69, 9.17) is 24.1 Å². The fraction of sp³-hybridized carbons (Fsp3) is 0.450. The molecule has 0 aliphatic heterocycles. The number of aldehydes is 1. The van der Waals surface area contributed by atoms with Crippen LogP contribution in [0.5, 0.6) is 17.2 Å². The van der Waals surface area contributed by atoms with E-state index in [0.717, 1.165) is 25.6 Å². The van der Waals surface area contributed by atoms with Gasteiger partial charge >= 0.3 is 0 Å². The number of aromatic nitrogens is 2. The molecule has 1 aromatic heterocycles. The fourth-order valence-electron chi connectivity index (χ4n) is 3.04. The summed E-state index contributed by atoms with van der Waals surface area (Å²) in [6, 6.07) is 4.89. The summed E-state index contributed by atoms with van der Waals surface area (Å²) < 4.78 is 21.1. The van der Waals surface area contributed by atoms with Gasteiger partial charge in [0.15, 0.2) is 18.7 Å². The summed E-state index contributed by atoms with van der Waals surface area (Å²) in [6.07, 6.45) is 2.76. The van der Waals surface area contributed by atoms with Crippen molar-refractivity contribution < 1.29 is 33.6 Å². The highest BCUT2D eigenvalue weighted by molar-refractivity contribution is 5.91. The molecule has 1 aromatic carbocycles. The van der Waals surface area contributed by atoms with Gasteiger partial charge in [0.1, 0.15) is 17.2 Å². The highest BCUT2D eigenvalue weighted by Crippen LogP contribution is 2.38. The molecule has 1 amide bonds. The van der Waals surface area contributed by atoms with E-state index in [1.807, 2.05) is 0 Å². The molecule has 2 aromatic rings. The number of nitrogens with one attached hydrogen (secondary N) is 2. The van der Waals surface area contributed by atoms with Crippen LogP contribution in [0.3, 0.4) is 0 Å². The van der Waals surface area contributed by atoms with Crippen LogP contribution in [0.4, 0.5) is 5.82 Å². The van der Waals surface area contributed by atoms with Gasteiger partial charge in [-0.25, -0.2) is 0 Å². The number of carbonyl (C=O) groups is 2. The Morgan fingerprint density at radius 1 is 1.20 bits per heavy atom. The number of aromatic amines is 1. The standard InChI is InChI=1S/C19H23N3O6.CH4O/c1-25-12-4-11(5-12)15-8-18(22-21-15)20-19(24)10-28-17-7-13(26-2)6-16(27-3)14(17)9-23;1-2/h6-9,11-12H,4-5,10H2,1-3H3,(H2,20,21,22,24);2H,1H3. The minimum Gasteiger partial charge on any atom is -0.496 e. The summed E-state index contributed by atoms with van der Waals surface area (Å²) in [7, 11) is 5.62. The number of H-pyrrole nitrogens is 1. The maximum absolute atomic E-state index is 12.2. The second kappa shape index (κ2) is 11.2. The predicted molar refractivity (Wildman–Crippen MR) is 109 cm³/mol. The van der Waals surface area contributed by atoms with Gasteiger partial charge in [0.2, 0.25) is 0 Å². The molecule has 3 N–H and O–H groups in total. The largest absolute Gasteiger partial charge is 0.496 e. The van der Waals surface area contributed by atoms with E-state index in [0.29, 0.717) is 29.5 Å². The van der Waals surface area contributed by atoms with Gasteiger partial charge in [0.05, 0.1) is 25.9 Å². The van der Waals surface area contributed by atoms with Crippen LogP contribution in [0.1, 0.15) is 34.8 Å². The Bertz CT molecular complexity index is 847. The minimum absolute atomic E-state index is 0.198. The molecule has 1 fully saturated rings. The molecule has 0 saturated heterocycles. The van der Waals surface area contributed by atoms with Gasteiger partial charge in [0.25, 0.3) is 5.91 Å². The summed E-state index contributed by atoms with van der Waals surface area (Å²) in [5.41, 5.74) is 1.17. The fourth-order valence-corrected chi connectivity index (χ4v) is 3.04. The molecule has 0 radical (unpaired) electrons. The molecular weight excluding hydrogens is 394 g/mol. The van der Waals surface area contributed by atoms with Crippen LogP contribution in [0.2, 0.25) is 0 Å². The predicted octanol–water partition coefficient (Wildman–Crippen LogP) is 1.76. The molecule has 0 spiro atoms. The van der Waals surface area contributed by atoms with Crippen molar-refractivity contribution in [2.75, 3.05) is 40.4 Å². The average molecular weight is 421 g/mol. The van der Waals surface area contributed by atoms with E-state index in [1.165, 1.54) is 20.3 Å². The number of aliphatic hydroxyl groups is 1. The van der Waals surface area contributed by atoms with Crippen molar-refractivity contribution in [3.05, 3.63) is 29.5 Å². The van der Waals surface area contributed by atoms with E-state index in [-0.39, 0.29) is 24.0 Å². The third-order valence-electron chi connectivity index (χ3n) is 4.74. The first-order valence-electron chi connectivity index (χ1n) is 9.24. The zero-order valence-electron chi connectivity index (χ0n) is 17.4. The van der Waals surface area contributed by atoms with Gasteiger partial charge in [-0.05, 0) is 12.8 Å². The number of methoxy groups -OCH3 is 3. The Balaban J connectivity index is 0.00000155. The number of aliphatic hydroxyl groups excluding tert-OH is 1.